The third-order valence-electron chi connectivity index (χ3n) is 5.41. The average Bonchev–Trinajstić information content (AvgIpc) is 2.86. The normalized spacial score (nSPS) is 23.2. The van der Waals surface area contributed by atoms with Gasteiger partial charge in [-0.15, -0.1) is 0 Å². The van der Waals surface area contributed by atoms with Crippen molar-refractivity contribution in [3.05, 3.63) is 35.4 Å². The summed E-state index contributed by atoms with van der Waals surface area (Å²) in [5.74, 6) is 0. The van der Waals surface area contributed by atoms with Crippen molar-refractivity contribution in [2.75, 3.05) is 13.6 Å². The minimum atomic E-state index is -4.26. The second kappa shape index (κ2) is 5.01. The van der Waals surface area contributed by atoms with Crippen molar-refractivity contribution in [3.63, 3.8) is 0 Å². The molecule has 0 saturated heterocycles. The molecule has 3 rings (SSSR count). The molecule has 0 atom stereocenters. The van der Waals surface area contributed by atoms with Crippen LogP contribution in [-0.4, -0.2) is 13.6 Å². The van der Waals surface area contributed by atoms with E-state index in [1.807, 2.05) is 13.1 Å². The molecule has 1 nitrogen and oxygen atoms in total. The van der Waals surface area contributed by atoms with Crippen molar-refractivity contribution in [2.24, 2.45) is 5.41 Å². The topological polar surface area (TPSA) is 12.0 Å². The first-order valence-electron chi connectivity index (χ1n) is 7.72. The zero-order valence-electron chi connectivity index (χ0n) is 12.4. The number of benzene rings is 1. The van der Waals surface area contributed by atoms with Crippen LogP contribution in [0.25, 0.3) is 0 Å². The van der Waals surface area contributed by atoms with Crippen molar-refractivity contribution in [1.82, 2.24) is 5.32 Å². The van der Waals surface area contributed by atoms with E-state index < -0.39 is 11.7 Å². The summed E-state index contributed by atoms with van der Waals surface area (Å²) in [5.41, 5.74) is 0.623. The number of nitrogens with one attached hydrogen (secondary N) is 1. The van der Waals surface area contributed by atoms with Crippen LogP contribution < -0.4 is 5.32 Å². The zero-order valence-corrected chi connectivity index (χ0v) is 12.4. The maximum absolute atomic E-state index is 12.9. The van der Waals surface area contributed by atoms with Gasteiger partial charge < -0.3 is 5.32 Å². The molecule has 2 aliphatic carbocycles. The van der Waals surface area contributed by atoms with Crippen molar-refractivity contribution < 1.29 is 13.2 Å². The van der Waals surface area contributed by atoms with E-state index in [-0.39, 0.29) is 5.41 Å². The first-order valence-corrected chi connectivity index (χ1v) is 7.72. The van der Waals surface area contributed by atoms with Gasteiger partial charge in [-0.3, -0.25) is 0 Å². The third-order valence-corrected chi connectivity index (χ3v) is 5.41. The first kappa shape index (κ1) is 14.9. The summed E-state index contributed by atoms with van der Waals surface area (Å²) in [6.07, 6.45) is 2.85. The van der Waals surface area contributed by atoms with E-state index in [0.717, 1.165) is 24.9 Å². The van der Waals surface area contributed by atoms with E-state index in [1.54, 1.807) is 6.07 Å². The number of hydrogen-bond donors (Lipinski definition) is 1. The largest absolute Gasteiger partial charge is 0.416 e. The average molecular weight is 297 g/mol. The molecule has 2 saturated carbocycles. The smallest absolute Gasteiger partial charge is 0.319 e. The molecular weight excluding hydrogens is 275 g/mol. The maximum atomic E-state index is 12.9. The highest BCUT2D eigenvalue weighted by Gasteiger charge is 2.55. The number of alkyl halides is 3. The standard InChI is InChI=1S/C17H22F3N/c1-21-12-16(10-15(11-16)7-2-3-8-15)13-5-4-6-14(9-13)17(18,19)20/h4-6,9,21H,2-3,7-8,10-12H2,1H3. The van der Waals surface area contributed by atoms with Crippen LogP contribution in [0.2, 0.25) is 0 Å². The molecule has 0 radical (unpaired) electrons. The van der Waals surface area contributed by atoms with Crippen LogP contribution in [0.15, 0.2) is 24.3 Å². The van der Waals surface area contributed by atoms with E-state index >= 15 is 0 Å². The fourth-order valence-electron chi connectivity index (χ4n) is 4.66. The molecule has 1 aromatic carbocycles. The van der Waals surface area contributed by atoms with Gasteiger partial charge in [0.25, 0.3) is 0 Å². The summed E-state index contributed by atoms with van der Waals surface area (Å²) >= 11 is 0. The Balaban J connectivity index is 1.89. The summed E-state index contributed by atoms with van der Waals surface area (Å²) in [4.78, 5) is 0. The highest BCUT2D eigenvalue weighted by Crippen LogP contribution is 2.62. The number of hydrogen-bond acceptors (Lipinski definition) is 1. The highest BCUT2D eigenvalue weighted by molar-refractivity contribution is 5.36. The lowest BCUT2D eigenvalue weighted by molar-refractivity contribution is -0.137. The lowest BCUT2D eigenvalue weighted by atomic mass is 9.49. The molecular formula is C17H22F3N. The van der Waals surface area contributed by atoms with E-state index in [1.165, 1.54) is 37.8 Å². The van der Waals surface area contributed by atoms with Gasteiger partial charge in [0.05, 0.1) is 5.56 Å². The van der Waals surface area contributed by atoms with Crippen LogP contribution in [0.4, 0.5) is 13.2 Å². The van der Waals surface area contributed by atoms with Crippen LogP contribution >= 0.6 is 0 Å². The Bertz CT molecular complexity index is 507. The van der Waals surface area contributed by atoms with Gasteiger partial charge in [0, 0.05) is 12.0 Å². The quantitative estimate of drug-likeness (QED) is 0.865. The number of likely N-dealkylation sites (N-methyl/N-ethyl adjacent to an activating group) is 1. The Kier molecular flexibility index (Phi) is 3.55. The van der Waals surface area contributed by atoms with Crippen molar-refractivity contribution >= 4 is 0 Å². The van der Waals surface area contributed by atoms with Crippen molar-refractivity contribution in [2.45, 2.75) is 50.1 Å². The van der Waals surface area contributed by atoms with E-state index in [2.05, 4.69) is 5.32 Å². The summed E-state index contributed by atoms with van der Waals surface area (Å²) in [6, 6.07) is 5.95. The second-order valence-corrected chi connectivity index (χ2v) is 6.95. The number of rotatable bonds is 3. The fraction of sp³-hybridized carbons (Fsp3) is 0.647. The minimum Gasteiger partial charge on any atom is -0.319 e. The molecule has 0 bridgehead atoms. The highest BCUT2D eigenvalue weighted by atomic mass is 19.4. The molecule has 0 aliphatic heterocycles. The van der Waals surface area contributed by atoms with Gasteiger partial charge in [0.15, 0.2) is 0 Å². The summed E-state index contributed by atoms with van der Waals surface area (Å²) in [5, 5.41) is 3.19. The summed E-state index contributed by atoms with van der Waals surface area (Å²) in [6.45, 7) is 0.760. The van der Waals surface area contributed by atoms with Gasteiger partial charge in [-0.2, -0.15) is 13.2 Å². The fourth-order valence-corrected chi connectivity index (χ4v) is 4.66. The van der Waals surface area contributed by atoms with E-state index in [0.29, 0.717) is 5.41 Å². The van der Waals surface area contributed by atoms with Crippen LogP contribution in [-0.2, 0) is 11.6 Å². The molecule has 1 N–H and O–H groups in total. The Morgan fingerprint density at radius 2 is 1.81 bits per heavy atom. The Morgan fingerprint density at radius 1 is 1.14 bits per heavy atom. The van der Waals surface area contributed by atoms with Crippen LogP contribution in [0.3, 0.4) is 0 Å². The Hall–Kier alpha value is -1.03. The molecule has 116 valence electrons. The van der Waals surface area contributed by atoms with Crippen LogP contribution in [0.5, 0.6) is 0 Å². The van der Waals surface area contributed by atoms with Crippen molar-refractivity contribution in [3.8, 4) is 0 Å². The molecule has 2 fully saturated rings. The SMILES string of the molecule is CNCC1(c2cccc(C(F)(F)F)c2)CC2(CCCC2)C1. The maximum Gasteiger partial charge on any atom is 0.416 e. The monoisotopic (exact) mass is 297 g/mol. The molecule has 0 amide bonds. The van der Waals surface area contributed by atoms with Gasteiger partial charge in [0.1, 0.15) is 0 Å². The number of halogens is 3. The molecule has 1 aromatic rings. The molecule has 1 spiro atoms. The molecule has 2 aliphatic rings. The predicted molar refractivity (Wildman–Crippen MR) is 77.2 cm³/mol. The predicted octanol–water partition coefficient (Wildman–Crippen LogP) is 4.52. The van der Waals surface area contributed by atoms with Gasteiger partial charge in [-0.25, -0.2) is 0 Å². The second-order valence-electron chi connectivity index (χ2n) is 6.95. The first-order chi connectivity index (χ1) is 9.89. The van der Waals surface area contributed by atoms with Gasteiger partial charge >= 0.3 is 6.18 Å². The summed E-state index contributed by atoms with van der Waals surface area (Å²) in [7, 11) is 1.88. The zero-order chi connectivity index (χ0) is 15.1. The van der Waals surface area contributed by atoms with E-state index in [9.17, 15) is 13.2 Å². The van der Waals surface area contributed by atoms with E-state index in [4.69, 9.17) is 0 Å². The lowest BCUT2D eigenvalue weighted by Crippen LogP contribution is -2.53. The van der Waals surface area contributed by atoms with Gasteiger partial charge in [-0.05, 0) is 49.8 Å². The lowest BCUT2D eigenvalue weighted by Gasteiger charge is -2.56. The minimum absolute atomic E-state index is 0.111. The molecule has 4 heteroatoms. The Morgan fingerprint density at radius 3 is 2.38 bits per heavy atom. The molecule has 0 unspecified atom stereocenters. The molecule has 21 heavy (non-hydrogen) atoms. The van der Waals surface area contributed by atoms with Crippen LogP contribution in [0.1, 0.15) is 49.7 Å². The van der Waals surface area contributed by atoms with Gasteiger partial charge in [-0.1, -0.05) is 31.0 Å². The molecule has 0 heterocycles. The molecule has 0 aromatic heterocycles. The Labute approximate surface area is 123 Å². The van der Waals surface area contributed by atoms with Crippen LogP contribution in [0, 0.1) is 5.41 Å². The van der Waals surface area contributed by atoms with Crippen molar-refractivity contribution in [1.29, 1.82) is 0 Å². The third kappa shape index (κ3) is 2.59. The van der Waals surface area contributed by atoms with Gasteiger partial charge in [0.2, 0.25) is 0 Å². The summed E-state index contributed by atoms with van der Waals surface area (Å²) < 4.78 is 38.8.